The highest BCUT2D eigenvalue weighted by Gasteiger charge is 2.27. The summed E-state index contributed by atoms with van der Waals surface area (Å²) in [5, 5.41) is 13.3. The molecule has 0 saturated heterocycles. The van der Waals surface area contributed by atoms with Crippen molar-refractivity contribution in [1.82, 2.24) is 5.32 Å². The number of nitrogens with one attached hydrogen (secondary N) is 1. The molecule has 2 N–H and O–H groups in total. The van der Waals surface area contributed by atoms with Gasteiger partial charge >= 0.3 is 0 Å². The molecular formula is C12H27NO. The molecule has 0 amide bonds. The molecule has 0 rings (SSSR count). The lowest BCUT2D eigenvalue weighted by molar-refractivity contribution is 0.0403. The highest BCUT2D eigenvalue weighted by Crippen LogP contribution is 2.29. The van der Waals surface area contributed by atoms with Gasteiger partial charge in [0.2, 0.25) is 0 Å². The first-order valence-electron chi connectivity index (χ1n) is 5.68. The van der Waals surface area contributed by atoms with Crippen LogP contribution in [0.25, 0.3) is 0 Å². The lowest BCUT2D eigenvalue weighted by Gasteiger charge is -2.33. The Bertz CT molecular complexity index is 147. The Labute approximate surface area is 89.1 Å². The van der Waals surface area contributed by atoms with Gasteiger partial charge in [0.15, 0.2) is 0 Å². The van der Waals surface area contributed by atoms with E-state index in [1.165, 1.54) is 0 Å². The lowest BCUT2D eigenvalue weighted by atomic mass is 9.77. The molecule has 0 aromatic heterocycles. The first-order chi connectivity index (χ1) is 6.32. The van der Waals surface area contributed by atoms with Gasteiger partial charge in [-0.3, -0.25) is 0 Å². The molecule has 0 fully saturated rings. The summed E-state index contributed by atoms with van der Waals surface area (Å²) in [5.74, 6) is 0.338. The summed E-state index contributed by atoms with van der Waals surface area (Å²) < 4.78 is 0. The van der Waals surface area contributed by atoms with Crippen LogP contribution in [0.2, 0.25) is 0 Å². The van der Waals surface area contributed by atoms with Crippen LogP contribution in [0.5, 0.6) is 0 Å². The fraction of sp³-hybridized carbons (Fsp3) is 1.00. The van der Waals surface area contributed by atoms with Crippen molar-refractivity contribution in [3.8, 4) is 0 Å². The van der Waals surface area contributed by atoms with Crippen LogP contribution in [-0.4, -0.2) is 24.3 Å². The zero-order valence-electron chi connectivity index (χ0n) is 10.6. The third-order valence-electron chi connectivity index (χ3n) is 3.37. The van der Waals surface area contributed by atoms with E-state index >= 15 is 0 Å². The van der Waals surface area contributed by atoms with E-state index in [0.717, 1.165) is 12.8 Å². The zero-order chi connectivity index (χ0) is 11.4. The van der Waals surface area contributed by atoms with E-state index in [2.05, 4.69) is 39.9 Å². The highest BCUT2D eigenvalue weighted by molar-refractivity contribution is 4.79. The van der Waals surface area contributed by atoms with Gasteiger partial charge in [-0.15, -0.1) is 0 Å². The fourth-order valence-electron chi connectivity index (χ4n) is 1.56. The van der Waals surface area contributed by atoms with Gasteiger partial charge in [-0.05, 0) is 31.2 Å². The average Bonchev–Trinajstić information content (AvgIpc) is 2.11. The molecule has 0 heterocycles. The molecule has 0 bridgehead atoms. The third-order valence-corrected chi connectivity index (χ3v) is 3.37. The van der Waals surface area contributed by atoms with Gasteiger partial charge < -0.3 is 10.4 Å². The fourth-order valence-corrected chi connectivity index (χ4v) is 1.56. The second kappa shape index (κ2) is 5.72. The molecule has 2 nitrogen and oxygen atoms in total. The Morgan fingerprint density at radius 1 is 1.29 bits per heavy atom. The summed E-state index contributed by atoms with van der Waals surface area (Å²) in [6.45, 7) is 10.8. The molecule has 3 atom stereocenters. The van der Waals surface area contributed by atoms with Gasteiger partial charge in [0.1, 0.15) is 0 Å². The third kappa shape index (κ3) is 4.43. The zero-order valence-corrected chi connectivity index (χ0v) is 10.6. The van der Waals surface area contributed by atoms with Gasteiger partial charge in [0.05, 0.1) is 6.10 Å². The van der Waals surface area contributed by atoms with Crippen molar-refractivity contribution in [1.29, 1.82) is 0 Å². The van der Waals surface area contributed by atoms with Crippen molar-refractivity contribution in [2.24, 2.45) is 11.3 Å². The van der Waals surface area contributed by atoms with Crippen LogP contribution in [0.15, 0.2) is 0 Å². The topological polar surface area (TPSA) is 32.3 Å². The first-order valence-corrected chi connectivity index (χ1v) is 5.68. The summed E-state index contributed by atoms with van der Waals surface area (Å²) in [6, 6.07) is 0.440. The summed E-state index contributed by atoms with van der Waals surface area (Å²) in [4.78, 5) is 0. The Morgan fingerprint density at radius 2 is 1.79 bits per heavy atom. The molecular weight excluding hydrogens is 174 g/mol. The molecule has 2 heteroatoms. The molecule has 86 valence electrons. The summed E-state index contributed by atoms with van der Waals surface area (Å²) >= 11 is 0. The number of aliphatic hydroxyl groups excluding tert-OH is 1. The van der Waals surface area contributed by atoms with E-state index in [1.54, 1.807) is 0 Å². The first kappa shape index (κ1) is 13.9. The van der Waals surface area contributed by atoms with Gasteiger partial charge in [-0.1, -0.05) is 34.6 Å². The molecule has 0 radical (unpaired) electrons. The molecule has 14 heavy (non-hydrogen) atoms. The van der Waals surface area contributed by atoms with E-state index in [9.17, 15) is 5.11 Å². The van der Waals surface area contributed by atoms with Crippen LogP contribution in [0.3, 0.4) is 0 Å². The molecule has 0 aliphatic heterocycles. The van der Waals surface area contributed by atoms with Crippen molar-refractivity contribution in [3.63, 3.8) is 0 Å². The number of hydrogen-bond donors (Lipinski definition) is 2. The maximum absolute atomic E-state index is 10.0. The minimum absolute atomic E-state index is 0.186. The van der Waals surface area contributed by atoms with Gasteiger partial charge in [0.25, 0.3) is 0 Å². The van der Waals surface area contributed by atoms with Crippen molar-refractivity contribution in [3.05, 3.63) is 0 Å². The standard InChI is InChI=1S/C12H27NO/c1-7-10(13-6)8-11(14)9(2)12(3,4)5/h9-11,13-14H,7-8H2,1-6H3. The molecule has 0 spiro atoms. The van der Waals surface area contributed by atoms with Gasteiger partial charge in [0, 0.05) is 6.04 Å². The molecule has 3 unspecified atom stereocenters. The molecule has 0 aliphatic rings. The smallest absolute Gasteiger partial charge is 0.0585 e. The lowest BCUT2D eigenvalue weighted by Crippen LogP contribution is -2.36. The Hall–Kier alpha value is -0.0800. The van der Waals surface area contributed by atoms with E-state index in [1.807, 2.05) is 7.05 Å². The average molecular weight is 201 g/mol. The van der Waals surface area contributed by atoms with E-state index < -0.39 is 0 Å². The van der Waals surface area contributed by atoms with Gasteiger partial charge in [-0.25, -0.2) is 0 Å². The quantitative estimate of drug-likeness (QED) is 0.716. The van der Waals surface area contributed by atoms with Crippen molar-refractivity contribution in [2.75, 3.05) is 7.05 Å². The second-order valence-electron chi connectivity index (χ2n) is 5.35. The van der Waals surface area contributed by atoms with E-state index in [4.69, 9.17) is 0 Å². The van der Waals surface area contributed by atoms with E-state index in [0.29, 0.717) is 12.0 Å². The molecule has 0 aromatic carbocycles. The van der Waals surface area contributed by atoms with Crippen LogP contribution in [0.1, 0.15) is 47.5 Å². The Balaban J connectivity index is 4.13. The second-order valence-corrected chi connectivity index (χ2v) is 5.35. The predicted octanol–water partition coefficient (Wildman–Crippen LogP) is 2.42. The Morgan fingerprint density at radius 3 is 2.07 bits per heavy atom. The van der Waals surface area contributed by atoms with Crippen molar-refractivity contribution in [2.45, 2.75) is 59.6 Å². The molecule has 0 aromatic rings. The monoisotopic (exact) mass is 201 g/mol. The van der Waals surface area contributed by atoms with Crippen LogP contribution >= 0.6 is 0 Å². The van der Waals surface area contributed by atoms with Gasteiger partial charge in [-0.2, -0.15) is 0 Å². The maximum atomic E-state index is 10.0. The minimum Gasteiger partial charge on any atom is -0.393 e. The SMILES string of the molecule is CCC(CC(O)C(C)C(C)(C)C)NC. The number of aliphatic hydroxyl groups is 1. The minimum atomic E-state index is -0.201. The van der Waals surface area contributed by atoms with Crippen LogP contribution < -0.4 is 5.32 Å². The molecule has 0 aliphatic carbocycles. The van der Waals surface area contributed by atoms with Crippen molar-refractivity contribution < 1.29 is 5.11 Å². The maximum Gasteiger partial charge on any atom is 0.0585 e. The van der Waals surface area contributed by atoms with E-state index in [-0.39, 0.29) is 11.5 Å². The highest BCUT2D eigenvalue weighted by atomic mass is 16.3. The van der Waals surface area contributed by atoms with Crippen LogP contribution in [0, 0.1) is 11.3 Å². The summed E-state index contributed by atoms with van der Waals surface area (Å²) in [6.07, 6.45) is 1.72. The molecule has 0 saturated carbocycles. The largest absolute Gasteiger partial charge is 0.393 e. The summed E-state index contributed by atoms with van der Waals surface area (Å²) in [5.41, 5.74) is 0.186. The van der Waals surface area contributed by atoms with Crippen LogP contribution in [-0.2, 0) is 0 Å². The Kier molecular flexibility index (Phi) is 5.68. The normalized spacial score (nSPS) is 19.1. The summed E-state index contributed by atoms with van der Waals surface area (Å²) in [7, 11) is 1.96. The van der Waals surface area contributed by atoms with Crippen LogP contribution in [0.4, 0.5) is 0 Å². The number of hydrogen-bond acceptors (Lipinski definition) is 2. The van der Waals surface area contributed by atoms with Crippen molar-refractivity contribution >= 4 is 0 Å². The predicted molar refractivity (Wildman–Crippen MR) is 62.4 cm³/mol. The number of rotatable bonds is 5.